The number of primary amides is 1. The summed E-state index contributed by atoms with van der Waals surface area (Å²) in [7, 11) is 0. The maximum atomic E-state index is 10.3. The van der Waals surface area contributed by atoms with Crippen LogP contribution in [0.4, 0.5) is 4.79 Å². The van der Waals surface area contributed by atoms with Crippen LogP contribution in [0.2, 0.25) is 0 Å². The second kappa shape index (κ2) is 3.76. The highest BCUT2D eigenvalue weighted by molar-refractivity contribution is 5.67. The minimum atomic E-state index is -0.778. The van der Waals surface area contributed by atoms with Crippen LogP contribution in [0, 0.1) is 0 Å². The third-order valence-corrected chi connectivity index (χ3v) is 1.55. The quantitative estimate of drug-likeness (QED) is 0.725. The number of amides is 1. The highest BCUT2D eigenvalue weighted by atomic mass is 16.5. The minimum Gasteiger partial charge on any atom is -0.411 e. The summed E-state index contributed by atoms with van der Waals surface area (Å²) in [5.41, 5.74) is 6.03. The first-order valence-corrected chi connectivity index (χ1v) is 3.78. The predicted octanol–water partition coefficient (Wildman–Crippen LogP) is 1.71. The van der Waals surface area contributed by atoms with Crippen molar-refractivity contribution in [2.75, 3.05) is 0 Å². The lowest BCUT2D eigenvalue weighted by molar-refractivity contribution is 0.211. The van der Waals surface area contributed by atoms with Crippen molar-refractivity contribution in [1.29, 1.82) is 0 Å². The van der Waals surface area contributed by atoms with Gasteiger partial charge in [0, 0.05) is 0 Å². The molecule has 1 rings (SSSR count). The number of rotatable bonds is 2. The summed E-state index contributed by atoms with van der Waals surface area (Å²) < 4.78 is 4.65. The number of benzene rings is 1. The fourth-order valence-corrected chi connectivity index (χ4v) is 0.909. The Morgan fingerprint density at radius 1 is 1.42 bits per heavy atom. The molecule has 0 saturated heterocycles. The van der Waals surface area contributed by atoms with Gasteiger partial charge in [0.1, 0.15) is 5.75 Å². The van der Waals surface area contributed by atoms with Gasteiger partial charge in [0.05, 0.1) is 0 Å². The van der Waals surface area contributed by atoms with Crippen LogP contribution in [0.3, 0.4) is 0 Å². The van der Waals surface area contributed by atoms with E-state index in [2.05, 4.69) is 11.7 Å². The van der Waals surface area contributed by atoms with Crippen molar-refractivity contribution < 1.29 is 9.53 Å². The molecule has 12 heavy (non-hydrogen) atoms. The fraction of sp³-hybridized carbons (Fsp3) is 0.222. The summed E-state index contributed by atoms with van der Waals surface area (Å²) in [6.45, 7) is 2.06. The maximum absolute atomic E-state index is 10.3. The van der Waals surface area contributed by atoms with E-state index in [-0.39, 0.29) is 0 Å². The summed E-state index contributed by atoms with van der Waals surface area (Å²) >= 11 is 0. The zero-order valence-electron chi connectivity index (χ0n) is 6.91. The Balaban J connectivity index is 2.71. The van der Waals surface area contributed by atoms with E-state index >= 15 is 0 Å². The minimum absolute atomic E-state index is 0.486. The first-order valence-electron chi connectivity index (χ1n) is 3.78. The van der Waals surface area contributed by atoms with Gasteiger partial charge in [0.25, 0.3) is 0 Å². The molecule has 0 radical (unpaired) electrons. The molecular formula is C9H11NO2. The third kappa shape index (κ3) is 2.27. The van der Waals surface area contributed by atoms with Crippen molar-refractivity contribution in [3.63, 3.8) is 0 Å². The molecule has 1 amide bonds. The average molecular weight is 165 g/mol. The Labute approximate surface area is 71.1 Å². The van der Waals surface area contributed by atoms with Crippen molar-refractivity contribution >= 4 is 6.09 Å². The third-order valence-electron chi connectivity index (χ3n) is 1.55. The number of hydrogen-bond acceptors (Lipinski definition) is 2. The van der Waals surface area contributed by atoms with Crippen molar-refractivity contribution in [2.45, 2.75) is 13.3 Å². The summed E-state index contributed by atoms with van der Waals surface area (Å²) in [4.78, 5) is 10.3. The number of carbonyl (C=O) groups excluding carboxylic acids is 1. The first-order chi connectivity index (χ1) is 5.72. The van der Waals surface area contributed by atoms with Crippen LogP contribution >= 0.6 is 0 Å². The van der Waals surface area contributed by atoms with E-state index in [1.54, 1.807) is 12.1 Å². The highest BCUT2D eigenvalue weighted by Crippen LogP contribution is 2.11. The van der Waals surface area contributed by atoms with Gasteiger partial charge in [-0.1, -0.05) is 19.1 Å². The lowest BCUT2D eigenvalue weighted by atomic mass is 10.2. The van der Waals surface area contributed by atoms with E-state index < -0.39 is 6.09 Å². The molecule has 0 atom stereocenters. The molecule has 0 bridgehead atoms. The number of nitrogens with two attached hydrogens (primary N) is 1. The Bertz CT molecular complexity index is 266. The van der Waals surface area contributed by atoms with Crippen LogP contribution in [0.1, 0.15) is 12.5 Å². The maximum Gasteiger partial charge on any atom is 0.409 e. The Morgan fingerprint density at radius 3 is 2.42 bits per heavy atom. The highest BCUT2D eigenvalue weighted by Gasteiger charge is 1.96. The van der Waals surface area contributed by atoms with Crippen molar-refractivity contribution in [3.05, 3.63) is 29.8 Å². The first kappa shape index (κ1) is 8.59. The summed E-state index contributed by atoms with van der Waals surface area (Å²) in [6.07, 6.45) is 0.191. The molecule has 3 nitrogen and oxygen atoms in total. The van der Waals surface area contributed by atoms with Gasteiger partial charge in [-0.2, -0.15) is 0 Å². The van der Waals surface area contributed by atoms with Gasteiger partial charge < -0.3 is 10.5 Å². The molecule has 0 aromatic heterocycles. The van der Waals surface area contributed by atoms with Crippen molar-refractivity contribution in [2.24, 2.45) is 5.73 Å². The van der Waals surface area contributed by atoms with Gasteiger partial charge in [0.2, 0.25) is 0 Å². The number of hydrogen-bond donors (Lipinski definition) is 1. The van der Waals surface area contributed by atoms with Crippen LogP contribution in [0.5, 0.6) is 5.75 Å². The lowest BCUT2D eigenvalue weighted by Gasteiger charge is -2.00. The van der Waals surface area contributed by atoms with E-state index in [0.717, 1.165) is 6.42 Å². The van der Waals surface area contributed by atoms with Crippen LogP contribution in [-0.2, 0) is 6.42 Å². The Hall–Kier alpha value is -1.51. The normalized spacial score (nSPS) is 9.42. The number of ether oxygens (including phenoxy) is 1. The molecule has 0 fully saturated rings. The van der Waals surface area contributed by atoms with Gasteiger partial charge in [0.15, 0.2) is 0 Å². The molecule has 1 aromatic rings. The van der Waals surface area contributed by atoms with Crippen molar-refractivity contribution in [1.82, 2.24) is 0 Å². The smallest absolute Gasteiger partial charge is 0.409 e. The monoisotopic (exact) mass is 165 g/mol. The Morgan fingerprint density at radius 2 is 2.00 bits per heavy atom. The largest absolute Gasteiger partial charge is 0.411 e. The number of aryl methyl sites for hydroxylation is 1. The lowest BCUT2D eigenvalue weighted by Crippen LogP contribution is -2.16. The molecule has 0 spiro atoms. The van der Waals surface area contributed by atoms with E-state index in [4.69, 9.17) is 5.73 Å². The molecule has 2 N–H and O–H groups in total. The molecule has 0 unspecified atom stereocenters. The molecule has 0 aliphatic heterocycles. The average Bonchev–Trinajstić information content (AvgIpc) is 2.05. The van der Waals surface area contributed by atoms with Gasteiger partial charge in [-0.15, -0.1) is 0 Å². The molecule has 64 valence electrons. The molecule has 0 aliphatic carbocycles. The topological polar surface area (TPSA) is 52.3 Å². The van der Waals surface area contributed by atoms with Gasteiger partial charge in [-0.25, -0.2) is 4.79 Å². The molecular weight excluding hydrogens is 154 g/mol. The number of carbonyl (C=O) groups is 1. The Kier molecular flexibility index (Phi) is 2.69. The van der Waals surface area contributed by atoms with Crippen LogP contribution in [0.25, 0.3) is 0 Å². The fourth-order valence-electron chi connectivity index (χ4n) is 0.909. The zero-order chi connectivity index (χ0) is 8.97. The standard InChI is InChI=1S/C9H11NO2/c1-2-7-3-5-8(6-4-7)12-9(10)11/h3-6H,2H2,1H3,(H2,10,11). The molecule has 1 aromatic carbocycles. The van der Waals surface area contributed by atoms with E-state index in [1.165, 1.54) is 5.56 Å². The molecule has 0 saturated carbocycles. The molecule has 3 heteroatoms. The molecule has 0 aliphatic rings. The summed E-state index contributed by atoms with van der Waals surface area (Å²) in [5.74, 6) is 0.486. The second-order valence-electron chi connectivity index (χ2n) is 2.42. The van der Waals surface area contributed by atoms with Gasteiger partial charge in [-0.05, 0) is 24.1 Å². The summed E-state index contributed by atoms with van der Waals surface area (Å²) in [6, 6.07) is 7.25. The van der Waals surface area contributed by atoms with Crippen LogP contribution < -0.4 is 10.5 Å². The van der Waals surface area contributed by atoms with Crippen molar-refractivity contribution in [3.8, 4) is 5.75 Å². The van der Waals surface area contributed by atoms with Gasteiger partial charge >= 0.3 is 6.09 Å². The van der Waals surface area contributed by atoms with Crippen LogP contribution in [0.15, 0.2) is 24.3 Å². The van der Waals surface area contributed by atoms with Crippen LogP contribution in [-0.4, -0.2) is 6.09 Å². The van der Waals surface area contributed by atoms with E-state index in [1.807, 2.05) is 12.1 Å². The van der Waals surface area contributed by atoms with E-state index in [9.17, 15) is 4.79 Å². The SMILES string of the molecule is CCc1ccc(OC(N)=O)cc1. The van der Waals surface area contributed by atoms with Gasteiger partial charge in [-0.3, -0.25) is 0 Å². The second-order valence-corrected chi connectivity index (χ2v) is 2.42. The predicted molar refractivity (Wildman–Crippen MR) is 46.0 cm³/mol. The molecule has 0 heterocycles. The summed E-state index contributed by atoms with van der Waals surface area (Å²) in [5, 5.41) is 0. The zero-order valence-corrected chi connectivity index (χ0v) is 6.91. The van der Waals surface area contributed by atoms with E-state index in [0.29, 0.717) is 5.75 Å².